The molecule has 0 saturated carbocycles. The van der Waals surface area contributed by atoms with Crippen molar-refractivity contribution in [2.75, 3.05) is 18.8 Å². The molecule has 0 fully saturated rings. The lowest BCUT2D eigenvalue weighted by Crippen LogP contribution is -2.41. The third kappa shape index (κ3) is 3.50. The Balaban J connectivity index is 2.07. The van der Waals surface area contributed by atoms with E-state index in [9.17, 15) is 13.2 Å². The smallest absolute Gasteiger partial charge is 0.237 e. The van der Waals surface area contributed by atoms with E-state index in [1.807, 2.05) is 18.2 Å². The Morgan fingerprint density at radius 3 is 2.55 bits per heavy atom. The van der Waals surface area contributed by atoms with E-state index in [1.54, 1.807) is 13.8 Å². The second-order valence-electron chi connectivity index (χ2n) is 5.77. The van der Waals surface area contributed by atoms with Gasteiger partial charge in [0.2, 0.25) is 15.9 Å². The highest BCUT2D eigenvalue weighted by atomic mass is 32.2. The van der Waals surface area contributed by atoms with Crippen molar-refractivity contribution in [3.8, 4) is 0 Å². The van der Waals surface area contributed by atoms with Gasteiger partial charge in [-0.1, -0.05) is 45.0 Å². The third-order valence-corrected chi connectivity index (χ3v) is 6.16. The van der Waals surface area contributed by atoms with Crippen LogP contribution in [0.15, 0.2) is 24.3 Å². The van der Waals surface area contributed by atoms with E-state index >= 15 is 0 Å². The minimum absolute atomic E-state index is 0.101. The topological polar surface area (TPSA) is 66.5 Å². The van der Waals surface area contributed by atoms with Crippen LogP contribution in [-0.4, -0.2) is 37.5 Å². The van der Waals surface area contributed by atoms with Gasteiger partial charge in [0, 0.05) is 13.1 Å². The molecule has 1 aliphatic rings. The van der Waals surface area contributed by atoms with Crippen LogP contribution in [0.25, 0.3) is 0 Å². The van der Waals surface area contributed by atoms with Crippen molar-refractivity contribution in [2.45, 2.75) is 33.2 Å². The first-order valence-electron chi connectivity index (χ1n) is 7.74. The van der Waals surface area contributed by atoms with Crippen LogP contribution in [0.3, 0.4) is 0 Å². The second kappa shape index (κ2) is 6.79. The highest BCUT2D eigenvalue weighted by Gasteiger charge is 2.31. The summed E-state index contributed by atoms with van der Waals surface area (Å²) in [5.74, 6) is -0.641. The standard InChI is InChI=1S/C16H24N2O3S/c1-4-18(5-2)22(20,21)11-15(19)17-16-12(3)10-13-8-6-7-9-14(13)16/h6-9,12,16H,4-5,10-11H2,1-3H3,(H,17,19)/t12-,16+/m1/s1. The van der Waals surface area contributed by atoms with Crippen LogP contribution >= 0.6 is 0 Å². The van der Waals surface area contributed by atoms with E-state index in [0.717, 1.165) is 12.0 Å². The summed E-state index contributed by atoms with van der Waals surface area (Å²) >= 11 is 0. The summed E-state index contributed by atoms with van der Waals surface area (Å²) in [5, 5.41) is 2.90. The van der Waals surface area contributed by atoms with E-state index in [0.29, 0.717) is 13.1 Å². The van der Waals surface area contributed by atoms with E-state index < -0.39 is 21.7 Å². The molecule has 1 N–H and O–H groups in total. The average Bonchev–Trinajstić information content (AvgIpc) is 2.75. The maximum Gasteiger partial charge on any atom is 0.237 e. The number of nitrogens with one attached hydrogen (secondary N) is 1. The molecule has 0 spiro atoms. The van der Waals surface area contributed by atoms with E-state index in [1.165, 1.54) is 9.87 Å². The van der Waals surface area contributed by atoms with Gasteiger partial charge in [-0.3, -0.25) is 4.79 Å². The number of carbonyl (C=O) groups excluding carboxylic acids is 1. The molecule has 0 aromatic heterocycles. The first-order valence-corrected chi connectivity index (χ1v) is 9.35. The number of carbonyl (C=O) groups is 1. The molecule has 1 aromatic carbocycles. The summed E-state index contributed by atoms with van der Waals surface area (Å²) in [7, 11) is -3.54. The maximum absolute atomic E-state index is 12.2. The van der Waals surface area contributed by atoms with Crippen LogP contribution in [-0.2, 0) is 21.2 Å². The summed E-state index contributed by atoms with van der Waals surface area (Å²) in [5.41, 5.74) is 2.33. The van der Waals surface area contributed by atoms with Gasteiger partial charge in [-0.2, -0.15) is 0 Å². The molecule has 0 unspecified atom stereocenters. The lowest BCUT2D eigenvalue weighted by molar-refractivity contribution is -0.119. The Labute approximate surface area is 132 Å². The van der Waals surface area contributed by atoms with Crippen LogP contribution in [0.5, 0.6) is 0 Å². The van der Waals surface area contributed by atoms with Gasteiger partial charge in [-0.05, 0) is 23.5 Å². The SMILES string of the molecule is CCN(CC)S(=O)(=O)CC(=O)N[C@@H]1c2ccccc2C[C@H]1C. The molecule has 0 saturated heterocycles. The Morgan fingerprint density at radius 1 is 1.27 bits per heavy atom. The van der Waals surface area contributed by atoms with Gasteiger partial charge in [0.15, 0.2) is 0 Å². The van der Waals surface area contributed by atoms with E-state index in [2.05, 4.69) is 18.3 Å². The first kappa shape index (κ1) is 17.0. The number of hydrogen-bond donors (Lipinski definition) is 1. The minimum Gasteiger partial charge on any atom is -0.348 e. The van der Waals surface area contributed by atoms with Crippen LogP contribution < -0.4 is 5.32 Å². The highest BCUT2D eigenvalue weighted by Crippen LogP contribution is 2.35. The number of hydrogen-bond acceptors (Lipinski definition) is 3. The fourth-order valence-electron chi connectivity index (χ4n) is 3.10. The van der Waals surface area contributed by atoms with Gasteiger partial charge in [0.1, 0.15) is 5.75 Å². The monoisotopic (exact) mass is 324 g/mol. The van der Waals surface area contributed by atoms with Crippen molar-refractivity contribution in [3.05, 3.63) is 35.4 Å². The summed E-state index contributed by atoms with van der Waals surface area (Å²) in [6.45, 7) is 6.38. The molecule has 2 rings (SSSR count). The number of nitrogens with zero attached hydrogens (tertiary/aromatic N) is 1. The van der Waals surface area contributed by atoms with Gasteiger partial charge in [-0.15, -0.1) is 0 Å². The van der Waals surface area contributed by atoms with E-state index in [4.69, 9.17) is 0 Å². The van der Waals surface area contributed by atoms with Crippen LogP contribution in [0, 0.1) is 5.92 Å². The molecule has 1 aromatic rings. The summed E-state index contributed by atoms with van der Waals surface area (Å²) in [4.78, 5) is 12.2. The Bertz CT molecular complexity index is 639. The van der Waals surface area contributed by atoms with Crippen molar-refractivity contribution in [3.63, 3.8) is 0 Å². The molecule has 6 heteroatoms. The van der Waals surface area contributed by atoms with Crippen LogP contribution in [0.1, 0.15) is 37.9 Å². The maximum atomic E-state index is 12.2. The molecule has 22 heavy (non-hydrogen) atoms. The molecule has 0 radical (unpaired) electrons. The Hall–Kier alpha value is -1.40. The summed E-state index contributed by atoms with van der Waals surface area (Å²) < 4.78 is 25.7. The Morgan fingerprint density at radius 2 is 1.91 bits per heavy atom. The molecule has 2 atom stereocenters. The van der Waals surface area contributed by atoms with Crippen molar-refractivity contribution in [2.24, 2.45) is 5.92 Å². The third-order valence-electron chi connectivity index (χ3n) is 4.23. The minimum atomic E-state index is -3.54. The van der Waals surface area contributed by atoms with Gasteiger partial charge < -0.3 is 5.32 Å². The summed E-state index contributed by atoms with van der Waals surface area (Å²) in [6, 6.07) is 7.90. The number of rotatable bonds is 6. The largest absolute Gasteiger partial charge is 0.348 e. The van der Waals surface area contributed by atoms with Crippen LogP contribution in [0.2, 0.25) is 0 Å². The molecule has 0 heterocycles. The molecule has 0 bridgehead atoms. The molecular weight excluding hydrogens is 300 g/mol. The van der Waals surface area contributed by atoms with Crippen molar-refractivity contribution in [1.29, 1.82) is 0 Å². The number of fused-ring (bicyclic) bond motifs is 1. The summed E-state index contributed by atoms with van der Waals surface area (Å²) in [6.07, 6.45) is 0.907. The molecule has 1 aliphatic carbocycles. The van der Waals surface area contributed by atoms with Crippen LogP contribution in [0.4, 0.5) is 0 Å². The zero-order chi connectivity index (χ0) is 16.3. The average molecular weight is 324 g/mol. The predicted octanol–water partition coefficient (Wildman–Crippen LogP) is 1.71. The normalized spacial score (nSPS) is 20.9. The zero-order valence-corrected chi connectivity index (χ0v) is 14.2. The van der Waals surface area contributed by atoms with Gasteiger partial charge >= 0.3 is 0 Å². The molecule has 0 aliphatic heterocycles. The molecule has 122 valence electrons. The van der Waals surface area contributed by atoms with Gasteiger partial charge in [-0.25, -0.2) is 12.7 Å². The molecule has 5 nitrogen and oxygen atoms in total. The lowest BCUT2D eigenvalue weighted by atomic mass is 10.0. The predicted molar refractivity (Wildman–Crippen MR) is 86.9 cm³/mol. The highest BCUT2D eigenvalue weighted by molar-refractivity contribution is 7.89. The zero-order valence-electron chi connectivity index (χ0n) is 13.4. The van der Waals surface area contributed by atoms with E-state index in [-0.39, 0.29) is 12.0 Å². The molecule has 1 amide bonds. The number of amides is 1. The fraction of sp³-hybridized carbons (Fsp3) is 0.562. The second-order valence-corrected chi connectivity index (χ2v) is 7.73. The fourth-order valence-corrected chi connectivity index (χ4v) is 4.49. The molecular formula is C16H24N2O3S. The quantitative estimate of drug-likeness (QED) is 0.866. The Kier molecular flexibility index (Phi) is 5.24. The first-order chi connectivity index (χ1) is 10.4. The van der Waals surface area contributed by atoms with Crippen molar-refractivity contribution >= 4 is 15.9 Å². The van der Waals surface area contributed by atoms with Crippen molar-refractivity contribution < 1.29 is 13.2 Å². The number of sulfonamides is 1. The van der Waals surface area contributed by atoms with Gasteiger partial charge in [0.25, 0.3) is 0 Å². The van der Waals surface area contributed by atoms with Gasteiger partial charge in [0.05, 0.1) is 6.04 Å². The van der Waals surface area contributed by atoms with Crippen molar-refractivity contribution in [1.82, 2.24) is 9.62 Å². The number of benzene rings is 1. The lowest BCUT2D eigenvalue weighted by Gasteiger charge is -2.21.